The lowest BCUT2D eigenvalue weighted by atomic mass is 9.79. The second kappa shape index (κ2) is 8.73. The molecule has 1 saturated heterocycles. The molecule has 1 atom stereocenters. The molecule has 0 spiro atoms. The molecule has 5 nitrogen and oxygen atoms in total. The summed E-state index contributed by atoms with van der Waals surface area (Å²) in [5, 5.41) is 13.3. The number of rotatable bonds is 6. The molecule has 0 unspecified atom stereocenters. The highest BCUT2D eigenvalue weighted by Crippen LogP contribution is 2.43. The lowest BCUT2D eigenvalue weighted by molar-refractivity contribution is 0.0292. The smallest absolute Gasteiger partial charge is 0.123 e. The average Bonchev–Trinajstić information content (AvgIpc) is 2.55. The van der Waals surface area contributed by atoms with E-state index in [0.29, 0.717) is 0 Å². The van der Waals surface area contributed by atoms with Crippen LogP contribution in [-0.4, -0.2) is 57.0 Å². The first-order chi connectivity index (χ1) is 10.5. The molecule has 0 saturated carbocycles. The van der Waals surface area contributed by atoms with Crippen LogP contribution < -0.4 is 14.8 Å². The Morgan fingerprint density at radius 2 is 1.87 bits per heavy atom. The van der Waals surface area contributed by atoms with E-state index in [4.69, 9.17) is 9.47 Å². The van der Waals surface area contributed by atoms with E-state index in [9.17, 15) is 5.11 Å². The van der Waals surface area contributed by atoms with E-state index in [-0.39, 0.29) is 30.5 Å². The van der Waals surface area contributed by atoms with Gasteiger partial charge in [0.1, 0.15) is 11.5 Å². The molecule has 1 aromatic carbocycles. The monoisotopic (exact) mass is 344 g/mol. The Morgan fingerprint density at radius 1 is 1.22 bits per heavy atom. The molecular weight excluding hydrogens is 316 g/mol. The normalized spacial score (nSPS) is 17.3. The maximum absolute atomic E-state index is 9.93. The largest absolute Gasteiger partial charge is 0.497 e. The molecular formula is C17H29ClN2O3. The summed E-state index contributed by atoms with van der Waals surface area (Å²) in [5.41, 5.74) is 0.791. The summed E-state index contributed by atoms with van der Waals surface area (Å²) < 4.78 is 11.0. The maximum Gasteiger partial charge on any atom is 0.123 e. The van der Waals surface area contributed by atoms with Crippen LogP contribution in [0.5, 0.6) is 11.5 Å². The summed E-state index contributed by atoms with van der Waals surface area (Å²) in [4.78, 5) is 2.42. The average molecular weight is 345 g/mol. The van der Waals surface area contributed by atoms with Crippen molar-refractivity contribution in [2.24, 2.45) is 5.41 Å². The van der Waals surface area contributed by atoms with Gasteiger partial charge in [0.15, 0.2) is 0 Å². The SMILES string of the molecule is COc1ccc(OC)c([C@@H](N2CCNCC2)C(C)(C)CO)c1.Cl. The predicted molar refractivity (Wildman–Crippen MR) is 94.8 cm³/mol. The molecule has 1 aliphatic heterocycles. The molecule has 2 N–H and O–H groups in total. The van der Waals surface area contributed by atoms with Crippen molar-refractivity contribution in [1.82, 2.24) is 10.2 Å². The molecule has 0 aromatic heterocycles. The van der Waals surface area contributed by atoms with Crippen LogP contribution in [0.4, 0.5) is 0 Å². The van der Waals surface area contributed by atoms with Crippen LogP contribution in [0.1, 0.15) is 25.5 Å². The minimum Gasteiger partial charge on any atom is -0.497 e. The van der Waals surface area contributed by atoms with Gasteiger partial charge in [0, 0.05) is 49.8 Å². The summed E-state index contributed by atoms with van der Waals surface area (Å²) in [5.74, 6) is 1.65. The zero-order chi connectivity index (χ0) is 16.2. The van der Waals surface area contributed by atoms with Gasteiger partial charge < -0.3 is 19.9 Å². The second-order valence-electron chi connectivity index (χ2n) is 6.44. The fourth-order valence-electron chi connectivity index (χ4n) is 3.19. The second-order valence-corrected chi connectivity index (χ2v) is 6.44. The molecule has 23 heavy (non-hydrogen) atoms. The Hall–Kier alpha value is -1.01. The number of halogens is 1. The zero-order valence-electron chi connectivity index (χ0n) is 14.5. The van der Waals surface area contributed by atoms with Crippen molar-refractivity contribution in [1.29, 1.82) is 0 Å². The fraction of sp³-hybridized carbons (Fsp3) is 0.647. The van der Waals surface area contributed by atoms with E-state index in [1.54, 1.807) is 14.2 Å². The lowest BCUT2D eigenvalue weighted by Gasteiger charge is -2.43. The molecule has 1 heterocycles. The molecule has 2 rings (SSSR count). The molecule has 0 radical (unpaired) electrons. The third kappa shape index (κ3) is 4.51. The first-order valence-corrected chi connectivity index (χ1v) is 7.81. The van der Waals surface area contributed by atoms with E-state index in [1.807, 2.05) is 18.2 Å². The fourth-order valence-corrected chi connectivity index (χ4v) is 3.19. The van der Waals surface area contributed by atoms with Gasteiger partial charge in [-0.1, -0.05) is 13.8 Å². The van der Waals surface area contributed by atoms with Gasteiger partial charge in [-0.05, 0) is 18.2 Å². The van der Waals surface area contributed by atoms with E-state index >= 15 is 0 Å². The number of nitrogens with zero attached hydrogens (tertiary/aromatic N) is 1. The van der Waals surface area contributed by atoms with Crippen LogP contribution in [0.25, 0.3) is 0 Å². The third-order valence-corrected chi connectivity index (χ3v) is 4.40. The van der Waals surface area contributed by atoms with Crippen LogP contribution >= 0.6 is 12.4 Å². The molecule has 132 valence electrons. The summed E-state index contributed by atoms with van der Waals surface area (Å²) in [7, 11) is 3.36. The first-order valence-electron chi connectivity index (χ1n) is 7.81. The van der Waals surface area contributed by atoms with Gasteiger partial charge >= 0.3 is 0 Å². The predicted octanol–water partition coefficient (Wildman–Crippen LogP) is 2.09. The number of piperazine rings is 1. The summed E-state index contributed by atoms with van der Waals surface area (Å²) in [6.45, 7) is 8.14. The highest BCUT2D eigenvalue weighted by atomic mass is 35.5. The maximum atomic E-state index is 9.93. The number of ether oxygens (including phenoxy) is 2. The van der Waals surface area contributed by atoms with Gasteiger partial charge in [-0.2, -0.15) is 0 Å². The molecule has 6 heteroatoms. The molecule has 0 amide bonds. The van der Waals surface area contributed by atoms with Crippen LogP contribution in [0.2, 0.25) is 0 Å². The lowest BCUT2D eigenvalue weighted by Crippen LogP contribution is -2.49. The Morgan fingerprint density at radius 3 is 2.39 bits per heavy atom. The van der Waals surface area contributed by atoms with Crippen LogP contribution in [0.15, 0.2) is 18.2 Å². The molecule has 1 fully saturated rings. The quantitative estimate of drug-likeness (QED) is 0.827. The number of benzene rings is 1. The van der Waals surface area contributed by atoms with Crippen molar-refractivity contribution in [2.45, 2.75) is 19.9 Å². The van der Waals surface area contributed by atoms with Gasteiger partial charge in [-0.25, -0.2) is 0 Å². The highest BCUT2D eigenvalue weighted by molar-refractivity contribution is 5.85. The number of aliphatic hydroxyl groups is 1. The van der Waals surface area contributed by atoms with Gasteiger partial charge in [0.05, 0.1) is 14.2 Å². The van der Waals surface area contributed by atoms with Gasteiger partial charge in [-0.15, -0.1) is 12.4 Å². The minimum absolute atomic E-state index is 0. The van der Waals surface area contributed by atoms with Crippen LogP contribution in [0, 0.1) is 5.41 Å². The summed E-state index contributed by atoms with van der Waals surface area (Å²) in [6, 6.07) is 5.95. The van der Waals surface area contributed by atoms with E-state index in [1.165, 1.54) is 0 Å². The van der Waals surface area contributed by atoms with E-state index in [0.717, 1.165) is 43.2 Å². The van der Waals surface area contributed by atoms with Gasteiger partial charge in [0.2, 0.25) is 0 Å². The van der Waals surface area contributed by atoms with E-state index < -0.39 is 0 Å². The first kappa shape index (κ1) is 20.0. The Kier molecular flexibility index (Phi) is 7.61. The van der Waals surface area contributed by atoms with Crippen molar-refractivity contribution >= 4 is 12.4 Å². The van der Waals surface area contributed by atoms with Gasteiger partial charge in [-0.3, -0.25) is 4.90 Å². The van der Waals surface area contributed by atoms with Crippen LogP contribution in [0.3, 0.4) is 0 Å². The standard InChI is InChI=1S/C17H28N2O3.ClH/c1-17(2,12-20)16(19-9-7-18-8-10-19)14-11-13(21-3)5-6-15(14)22-4;/h5-6,11,16,18,20H,7-10,12H2,1-4H3;1H/t16-;/m1./s1. The zero-order valence-corrected chi connectivity index (χ0v) is 15.3. The van der Waals surface area contributed by atoms with Crippen LogP contribution in [-0.2, 0) is 0 Å². The molecule has 0 aliphatic carbocycles. The number of methoxy groups -OCH3 is 2. The Labute approximate surface area is 145 Å². The molecule has 0 bridgehead atoms. The van der Waals surface area contributed by atoms with Gasteiger partial charge in [0.25, 0.3) is 0 Å². The Balaban J connectivity index is 0.00000264. The van der Waals surface area contributed by atoms with E-state index in [2.05, 4.69) is 24.1 Å². The number of aliphatic hydroxyl groups excluding tert-OH is 1. The Bertz CT molecular complexity index is 491. The number of hydrogen-bond acceptors (Lipinski definition) is 5. The number of nitrogens with one attached hydrogen (secondary N) is 1. The minimum atomic E-state index is -0.281. The van der Waals surface area contributed by atoms with Crippen molar-refractivity contribution < 1.29 is 14.6 Å². The summed E-state index contributed by atoms with van der Waals surface area (Å²) >= 11 is 0. The summed E-state index contributed by atoms with van der Waals surface area (Å²) in [6.07, 6.45) is 0. The van der Waals surface area contributed by atoms with Crippen molar-refractivity contribution in [3.8, 4) is 11.5 Å². The van der Waals surface area contributed by atoms with Crippen molar-refractivity contribution in [2.75, 3.05) is 47.0 Å². The molecule has 1 aromatic rings. The van der Waals surface area contributed by atoms with Crippen molar-refractivity contribution in [3.05, 3.63) is 23.8 Å². The molecule has 1 aliphatic rings. The highest BCUT2D eigenvalue weighted by Gasteiger charge is 2.37. The van der Waals surface area contributed by atoms with Crippen molar-refractivity contribution in [3.63, 3.8) is 0 Å². The number of hydrogen-bond donors (Lipinski definition) is 2. The third-order valence-electron chi connectivity index (χ3n) is 4.40. The topological polar surface area (TPSA) is 54.0 Å².